The number of rotatable bonds is 5. The minimum Gasteiger partial charge on any atom is -0.396 e. The van der Waals surface area contributed by atoms with E-state index in [4.69, 9.17) is 5.11 Å². The number of nitrogens with one attached hydrogen (secondary N) is 2. The molecule has 0 aliphatic rings. The summed E-state index contributed by atoms with van der Waals surface area (Å²) in [6.45, 7) is 3.91. The summed E-state index contributed by atoms with van der Waals surface area (Å²) in [5.41, 5.74) is 1.57. The number of aliphatic hydroxyl groups excluding tert-OH is 1. The highest BCUT2D eigenvalue weighted by Gasteiger charge is 2.09. The van der Waals surface area contributed by atoms with Gasteiger partial charge in [0.15, 0.2) is 0 Å². The summed E-state index contributed by atoms with van der Waals surface area (Å²) >= 11 is 0. The Kier molecular flexibility index (Phi) is 5.42. The number of carbonyl (C=O) groups is 1. The third kappa shape index (κ3) is 4.82. The van der Waals surface area contributed by atoms with E-state index in [0.29, 0.717) is 12.1 Å². The molecule has 0 aromatic carbocycles. The van der Waals surface area contributed by atoms with Crippen molar-refractivity contribution in [3.63, 3.8) is 0 Å². The molecular weight excluding hydrogens is 218 g/mol. The molecule has 0 saturated carbocycles. The molecule has 3 N–H and O–H groups in total. The van der Waals surface area contributed by atoms with Gasteiger partial charge in [-0.3, -0.25) is 4.98 Å². The van der Waals surface area contributed by atoms with Crippen LogP contribution < -0.4 is 10.6 Å². The Morgan fingerprint density at radius 1 is 1.59 bits per heavy atom. The molecule has 1 aromatic rings. The lowest BCUT2D eigenvalue weighted by molar-refractivity contribution is 0.237. The fraction of sp³-hybridized carbons (Fsp3) is 0.500. The number of carbonyl (C=O) groups excluding carboxylic acids is 1. The van der Waals surface area contributed by atoms with E-state index in [1.165, 1.54) is 0 Å². The number of hydrogen-bond acceptors (Lipinski definition) is 3. The van der Waals surface area contributed by atoms with Crippen LogP contribution in [-0.2, 0) is 0 Å². The molecule has 94 valence electrons. The van der Waals surface area contributed by atoms with Crippen LogP contribution in [0.4, 0.5) is 10.5 Å². The zero-order valence-electron chi connectivity index (χ0n) is 10.2. The van der Waals surface area contributed by atoms with Gasteiger partial charge in [0.25, 0.3) is 0 Å². The van der Waals surface area contributed by atoms with Crippen LogP contribution in [0.15, 0.2) is 18.3 Å². The average molecular weight is 237 g/mol. The van der Waals surface area contributed by atoms with Gasteiger partial charge in [0.1, 0.15) is 0 Å². The van der Waals surface area contributed by atoms with E-state index < -0.39 is 0 Å². The molecule has 2 amide bonds. The Labute approximate surface area is 101 Å². The Morgan fingerprint density at radius 3 is 2.94 bits per heavy atom. The van der Waals surface area contributed by atoms with E-state index in [2.05, 4.69) is 15.6 Å². The normalized spacial score (nSPS) is 11.9. The van der Waals surface area contributed by atoms with Gasteiger partial charge < -0.3 is 15.7 Å². The van der Waals surface area contributed by atoms with Crippen LogP contribution in [0, 0.1) is 6.92 Å². The number of hydrogen-bond donors (Lipinski definition) is 3. The molecule has 1 atom stereocenters. The van der Waals surface area contributed by atoms with E-state index in [1.54, 1.807) is 18.3 Å². The highest BCUT2D eigenvalue weighted by molar-refractivity contribution is 5.89. The summed E-state index contributed by atoms with van der Waals surface area (Å²) in [6.07, 6.45) is 3.01. The minimum atomic E-state index is -0.254. The van der Waals surface area contributed by atoms with Gasteiger partial charge in [-0.25, -0.2) is 4.79 Å². The summed E-state index contributed by atoms with van der Waals surface area (Å²) in [6, 6.07) is 3.28. The number of aryl methyl sites for hydroxylation is 1. The molecular formula is C12H19N3O2. The van der Waals surface area contributed by atoms with E-state index >= 15 is 0 Å². The summed E-state index contributed by atoms with van der Waals surface area (Å²) in [4.78, 5) is 15.7. The second kappa shape index (κ2) is 6.85. The second-order valence-electron chi connectivity index (χ2n) is 3.90. The maximum absolute atomic E-state index is 11.6. The molecule has 5 heteroatoms. The first-order valence-electron chi connectivity index (χ1n) is 5.76. The van der Waals surface area contributed by atoms with Crippen molar-refractivity contribution in [2.45, 2.75) is 32.7 Å². The molecule has 1 rings (SSSR count). The fourth-order valence-electron chi connectivity index (χ4n) is 1.51. The van der Waals surface area contributed by atoms with Crippen molar-refractivity contribution < 1.29 is 9.90 Å². The van der Waals surface area contributed by atoms with Gasteiger partial charge in [0, 0.05) is 30.2 Å². The van der Waals surface area contributed by atoms with Crippen LogP contribution in [0.3, 0.4) is 0 Å². The molecule has 0 spiro atoms. The number of nitrogens with zero attached hydrogens (tertiary/aromatic N) is 1. The standard InChI is InChI=1S/C12H19N3O2/c1-3-10(5-7-16)14-12(17)15-11-4-6-13-9(2)8-11/h4,6,8,10,16H,3,5,7H2,1-2H3,(H2,13,14,15,17). The highest BCUT2D eigenvalue weighted by Crippen LogP contribution is 2.07. The number of anilines is 1. The van der Waals surface area contributed by atoms with Crippen LogP contribution in [0.5, 0.6) is 0 Å². The quantitative estimate of drug-likeness (QED) is 0.729. The summed E-state index contributed by atoms with van der Waals surface area (Å²) in [5.74, 6) is 0. The average Bonchev–Trinajstić information content (AvgIpc) is 2.28. The number of aliphatic hydroxyl groups is 1. The van der Waals surface area contributed by atoms with E-state index in [-0.39, 0.29) is 18.7 Å². The first kappa shape index (κ1) is 13.4. The smallest absolute Gasteiger partial charge is 0.319 e. The summed E-state index contributed by atoms with van der Waals surface area (Å²) < 4.78 is 0. The molecule has 0 saturated heterocycles. The molecule has 0 fully saturated rings. The Hall–Kier alpha value is -1.62. The van der Waals surface area contributed by atoms with Gasteiger partial charge in [-0.15, -0.1) is 0 Å². The van der Waals surface area contributed by atoms with Gasteiger partial charge in [-0.2, -0.15) is 0 Å². The first-order valence-corrected chi connectivity index (χ1v) is 5.76. The van der Waals surface area contributed by atoms with Crippen LogP contribution in [0.2, 0.25) is 0 Å². The van der Waals surface area contributed by atoms with Crippen LogP contribution >= 0.6 is 0 Å². The molecule has 5 nitrogen and oxygen atoms in total. The monoisotopic (exact) mass is 237 g/mol. The largest absolute Gasteiger partial charge is 0.396 e. The molecule has 17 heavy (non-hydrogen) atoms. The van der Waals surface area contributed by atoms with Crippen molar-refractivity contribution in [2.24, 2.45) is 0 Å². The van der Waals surface area contributed by atoms with Crippen LogP contribution in [-0.4, -0.2) is 28.8 Å². The van der Waals surface area contributed by atoms with Gasteiger partial charge in [0.05, 0.1) is 0 Å². The highest BCUT2D eigenvalue weighted by atomic mass is 16.3. The van der Waals surface area contributed by atoms with E-state index in [0.717, 1.165) is 12.1 Å². The second-order valence-corrected chi connectivity index (χ2v) is 3.90. The van der Waals surface area contributed by atoms with Crippen molar-refractivity contribution in [3.05, 3.63) is 24.0 Å². The zero-order valence-corrected chi connectivity index (χ0v) is 10.2. The molecule has 0 bridgehead atoms. The van der Waals surface area contributed by atoms with Crippen molar-refractivity contribution in [2.75, 3.05) is 11.9 Å². The summed E-state index contributed by atoms with van der Waals surface area (Å²) in [7, 11) is 0. The number of urea groups is 1. The fourth-order valence-corrected chi connectivity index (χ4v) is 1.51. The van der Waals surface area contributed by atoms with Crippen LogP contribution in [0.25, 0.3) is 0 Å². The predicted molar refractivity (Wildman–Crippen MR) is 66.9 cm³/mol. The Morgan fingerprint density at radius 2 is 2.35 bits per heavy atom. The zero-order chi connectivity index (χ0) is 12.7. The van der Waals surface area contributed by atoms with E-state index in [1.807, 2.05) is 13.8 Å². The Bertz CT molecular complexity index is 369. The Balaban J connectivity index is 2.49. The maximum Gasteiger partial charge on any atom is 0.319 e. The molecule has 1 heterocycles. The lowest BCUT2D eigenvalue weighted by atomic mass is 10.2. The van der Waals surface area contributed by atoms with Gasteiger partial charge in [-0.1, -0.05) is 6.92 Å². The maximum atomic E-state index is 11.6. The number of pyridine rings is 1. The SMILES string of the molecule is CCC(CCO)NC(=O)Nc1ccnc(C)c1. The minimum absolute atomic E-state index is 0.00272. The third-order valence-corrected chi connectivity index (χ3v) is 2.46. The topological polar surface area (TPSA) is 74.2 Å². The molecule has 1 unspecified atom stereocenters. The lowest BCUT2D eigenvalue weighted by Crippen LogP contribution is -2.38. The van der Waals surface area contributed by atoms with Crippen LogP contribution in [0.1, 0.15) is 25.5 Å². The van der Waals surface area contributed by atoms with Crippen molar-refractivity contribution in [3.8, 4) is 0 Å². The van der Waals surface area contributed by atoms with Gasteiger partial charge >= 0.3 is 6.03 Å². The summed E-state index contributed by atoms with van der Waals surface area (Å²) in [5, 5.41) is 14.4. The lowest BCUT2D eigenvalue weighted by Gasteiger charge is -2.16. The van der Waals surface area contributed by atoms with Gasteiger partial charge in [-0.05, 0) is 31.9 Å². The van der Waals surface area contributed by atoms with Crippen molar-refractivity contribution in [1.29, 1.82) is 0 Å². The molecule has 0 aliphatic carbocycles. The number of aromatic nitrogens is 1. The number of amides is 2. The third-order valence-electron chi connectivity index (χ3n) is 2.46. The molecule has 1 aromatic heterocycles. The van der Waals surface area contributed by atoms with Crippen molar-refractivity contribution in [1.82, 2.24) is 10.3 Å². The molecule has 0 radical (unpaired) electrons. The first-order chi connectivity index (χ1) is 8.15. The van der Waals surface area contributed by atoms with E-state index in [9.17, 15) is 4.79 Å². The molecule has 0 aliphatic heterocycles. The van der Waals surface area contributed by atoms with Crippen molar-refractivity contribution >= 4 is 11.7 Å². The predicted octanol–water partition coefficient (Wildman–Crippen LogP) is 1.67. The van der Waals surface area contributed by atoms with Gasteiger partial charge in [0.2, 0.25) is 0 Å².